The first-order chi connectivity index (χ1) is 16.2. The van der Waals surface area contributed by atoms with Gasteiger partial charge in [0, 0.05) is 32.2 Å². The number of benzene rings is 1. The van der Waals surface area contributed by atoms with Crippen LogP contribution < -0.4 is 10.2 Å². The topological polar surface area (TPSA) is 105 Å². The number of ether oxygens (including phenoxy) is 1. The Morgan fingerprint density at radius 3 is 2.76 bits per heavy atom. The van der Waals surface area contributed by atoms with Gasteiger partial charge in [-0.3, -0.25) is 4.79 Å². The van der Waals surface area contributed by atoms with Crippen molar-refractivity contribution in [1.82, 2.24) is 10.3 Å². The van der Waals surface area contributed by atoms with Crippen LogP contribution in [0.1, 0.15) is 43.5 Å². The molecule has 3 heterocycles. The number of carbonyl (C=O) groups excluding carboxylic acids is 1. The van der Waals surface area contributed by atoms with Gasteiger partial charge < -0.3 is 23.8 Å². The molecule has 1 aliphatic heterocycles. The van der Waals surface area contributed by atoms with Crippen molar-refractivity contribution >= 4 is 11.8 Å². The van der Waals surface area contributed by atoms with Crippen molar-refractivity contribution in [3.8, 4) is 17.7 Å². The van der Waals surface area contributed by atoms with E-state index in [1.54, 1.807) is 12.1 Å². The van der Waals surface area contributed by atoms with Crippen molar-refractivity contribution in [3.05, 3.63) is 60.0 Å². The Morgan fingerprint density at radius 2 is 2.06 bits per heavy atom. The number of carbonyl (C=O) groups is 1. The van der Waals surface area contributed by atoms with Gasteiger partial charge in [-0.05, 0) is 43.9 Å². The van der Waals surface area contributed by atoms with E-state index in [2.05, 4.69) is 28.5 Å². The highest BCUT2D eigenvalue weighted by Crippen LogP contribution is 2.31. The van der Waals surface area contributed by atoms with Gasteiger partial charge in [-0.15, -0.1) is 0 Å². The van der Waals surface area contributed by atoms with Crippen molar-refractivity contribution < 1.29 is 18.4 Å². The van der Waals surface area contributed by atoms with Crippen LogP contribution in [0.3, 0.4) is 0 Å². The summed E-state index contributed by atoms with van der Waals surface area (Å²) >= 11 is 0. The highest BCUT2D eigenvalue weighted by Gasteiger charge is 2.29. The number of anilines is 1. The summed E-state index contributed by atoms with van der Waals surface area (Å²) in [4.78, 5) is 18.8. The van der Waals surface area contributed by atoms with E-state index in [0.717, 1.165) is 12.0 Å². The first kappa shape index (κ1) is 22.6. The minimum atomic E-state index is -0.0524. The van der Waals surface area contributed by atoms with Crippen molar-refractivity contribution in [1.29, 1.82) is 5.26 Å². The fourth-order valence-electron chi connectivity index (χ4n) is 3.96. The second-order valence-electron chi connectivity index (χ2n) is 8.09. The smallest absolute Gasteiger partial charge is 0.266 e. The summed E-state index contributed by atoms with van der Waals surface area (Å²) in [7, 11) is 0. The number of oxazole rings is 1. The summed E-state index contributed by atoms with van der Waals surface area (Å²) in [6, 6.07) is 15.7. The molecule has 2 aromatic heterocycles. The van der Waals surface area contributed by atoms with Gasteiger partial charge in [0.15, 0.2) is 5.76 Å². The van der Waals surface area contributed by atoms with Crippen LogP contribution in [0.15, 0.2) is 57.6 Å². The third-order valence-electron chi connectivity index (χ3n) is 5.86. The van der Waals surface area contributed by atoms with Crippen LogP contribution in [0.2, 0.25) is 0 Å². The number of nitrogens with one attached hydrogen (secondary N) is 1. The monoisotopic (exact) mass is 448 g/mol. The Labute approximate surface area is 193 Å². The zero-order valence-electron chi connectivity index (χ0n) is 18.7. The molecule has 8 heteroatoms. The summed E-state index contributed by atoms with van der Waals surface area (Å²) in [5, 5.41) is 12.5. The molecule has 0 aliphatic carbocycles. The second kappa shape index (κ2) is 10.8. The lowest BCUT2D eigenvalue weighted by molar-refractivity contribution is -0.125. The maximum atomic E-state index is 12.6. The van der Waals surface area contributed by atoms with Crippen LogP contribution in [0.4, 0.5) is 5.88 Å². The third-order valence-corrected chi connectivity index (χ3v) is 5.86. The molecular weight excluding hydrogens is 420 g/mol. The SMILES string of the molecule is CC(OCCCNC(=O)C1CCN(c2oc(-c3ccco3)nc2C#N)CC1)c1ccccc1. The summed E-state index contributed by atoms with van der Waals surface area (Å²) in [5.74, 6) is 1.22. The quantitative estimate of drug-likeness (QED) is 0.487. The van der Waals surface area contributed by atoms with E-state index in [4.69, 9.17) is 13.6 Å². The molecule has 1 atom stereocenters. The Bertz CT molecular complexity index is 1060. The molecule has 1 fully saturated rings. The lowest BCUT2D eigenvalue weighted by atomic mass is 9.96. The van der Waals surface area contributed by atoms with Gasteiger partial charge in [0.25, 0.3) is 5.89 Å². The van der Waals surface area contributed by atoms with Crippen molar-refractivity contribution in [2.45, 2.75) is 32.3 Å². The lowest BCUT2D eigenvalue weighted by Crippen LogP contribution is -2.41. The largest absolute Gasteiger partial charge is 0.459 e. The van der Waals surface area contributed by atoms with Crippen LogP contribution in [0.25, 0.3) is 11.7 Å². The average Bonchev–Trinajstić information content (AvgIpc) is 3.54. The maximum Gasteiger partial charge on any atom is 0.266 e. The summed E-state index contributed by atoms with van der Waals surface area (Å²) in [6.45, 7) is 4.46. The Morgan fingerprint density at radius 1 is 1.27 bits per heavy atom. The predicted molar refractivity (Wildman–Crippen MR) is 122 cm³/mol. The molecule has 3 aromatic rings. The zero-order chi connectivity index (χ0) is 23.0. The van der Waals surface area contributed by atoms with E-state index in [-0.39, 0.29) is 29.5 Å². The minimum absolute atomic E-state index is 0.0360. The maximum absolute atomic E-state index is 12.6. The highest BCUT2D eigenvalue weighted by atomic mass is 16.5. The van der Waals surface area contributed by atoms with Gasteiger partial charge in [-0.1, -0.05) is 30.3 Å². The number of nitriles is 1. The number of furan rings is 1. The third kappa shape index (κ3) is 5.62. The number of aromatic nitrogens is 1. The first-order valence-electron chi connectivity index (χ1n) is 11.3. The molecule has 1 aliphatic rings. The Kier molecular flexibility index (Phi) is 7.43. The van der Waals surface area contributed by atoms with Gasteiger partial charge in [-0.25, -0.2) is 0 Å². The van der Waals surface area contributed by atoms with Crippen molar-refractivity contribution in [2.24, 2.45) is 5.92 Å². The van der Waals surface area contributed by atoms with E-state index < -0.39 is 0 Å². The molecule has 172 valence electrons. The molecule has 4 rings (SSSR count). The van der Waals surface area contributed by atoms with Crippen molar-refractivity contribution in [2.75, 3.05) is 31.1 Å². The molecule has 0 saturated carbocycles. The molecule has 1 N–H and O–H groups in total. The van der Waals surface area contributed by atoms with Crippen molar-refractivity contribution in [3.63, 3.8) is 0 Å². The lowest BCUT2D eigenvalue weighted by Gasteiger charge is -2.31. The summed E-state index contributed by atoms with van der Waals surface area (Å²) < 4.78 is 17.0. The van der Waals surface area contributed by atoms with E-state index in [1.165, 1.54) is 6.26 Å². The highest BCUT2D eigenvalue weighted by molar-refractivity contribution is 5.79. The molecular formula is C25H28N4O4. The van der Waals surface area contributed by atoms with Gasteiger partial charge in [-0.2, -0.15) is 10.2 Å². The van der Waals surface area contributed by atoms with Gasteiger partial charge in [0.05, 0.1) is 12.4 Å². The molecule has 1 amide bonds. The number of hydrogen-bond acceptors (Lipinski definition) is 7. The Hall–Kier alpha value is -3.57. The number of piperidine rings is 1. The minimum Gasteiger partial charge on any atom is -0.459 e. The van der Waals surface area contributed by atoms with Crippen LogP contribution in [0.5, 0.6) is 0 Å². The fourth-order valence-corrected chi connectivity index (χ4v) is 3.96. The number of rotatable bonds is 9. The molecule has 0 bridgehead atoms. The zero-order valence-corrected chi connectivity index (χ0v) is 18.7. The van der Waals surface area contributed by atoms with E-state index in [0.29, 0.717) is 50.7 Å². The number of nitrogens with zero attached hydrogens (tertiary/aromatic N) is 3. The van der Waals surface area contributed by atoms with E-state index in [9.17, 15) is 10.1 Å². The molecule has 8 nitrogen and oxygen atoms in total. The molecule has 0 radical (unpaired) electrons. The average molecular weight is 449 g/mol. The predicted octanol–water partition coefficient (Wildman–Crippen LogP) is 4.31. The van der Waals surface area contributed by atoms with E-state index in [1.807, 2.05) is 30.0 Å². The standard InChI is InChI=1S/C25H28N4O4/c1-18(19-7-3-2-4-8-19)31-16-6-12-27-23(30)20-10-13-29(14-11-20)25-21(17-26)28-24(33-25)22-9-5-15-32-22/h2-5,7-9,15,18,20H,6,10-14,16H2,1H3,(H,27,30). The molecule has 33 heavy (non-hydrogen) atoms. The van der Waals surface area contributed by atoms with Gasteiger partial charge >= 0.3 is 0 Å². The summed E-state index contributed by atoms with van der Waals surface area (Å²) in [6.07, 6.45) is 3.71. The fraction of sp³-hybridized carbons (Fsp3) is 0.400. The molecule has 1 unspecified atom stereocenters. The number of amides is 1. The van der Waals surface area contributed by atoms with Crippen LogP contribution in [-0.4, -0.2) is 37.1 Å². The second-order valence-corrected chi connectivity index (χ2v) is 8.09. The van der Waals surface area contributed by atoms with Crippen LogP contribution >= 0.6 is 0 Å². The molecule has 0 spiro atoms. The van der Waals surface area contributed by atoms with Gasteiger partial charge in [0.1, 0.15) is 6.07 Å². The molecule has 1 aromatic carbocycles. The Balaban J connectivity index is 1.19. The number of hydrogen-bond donors (Lipinski definition) is 1. The van der Waals surface area contributed by atoms with Crippen LogP contribution in [0, 0.1) is 17.2 Å². The van der Waals surface area contributed by atoms with Crippen LogP contribution in [-0.2, 0) is 9.53 Å². The molecule has 1 saturated heterocycles. The first-order valence-corrected chi connectivity index (χ1v) is 11.3. The summed E-state index contributed by atoms with van der Waals surface area (Å²) in [5.41, 5.74) is 1.38. The van der Waals surface area contributed by atoms with Gasteiger partial charge in [0.2, 0.25) is 17.5 Å². The van der Waals surface area contributed by atoms with E-state index >= 15 is 0 Å². The normalized spacial score (nSPS) is 15.2.